The molecular weight excluding hydrogens is 384 g/mol. The van der Waals surface area contributed by atoms with Gasteiger partial charge in [-0.2, -0.15) is 15.8 Å². The SMILES string of the molecule is N#Cc1cnc(-c2ccc(-n3c4ccccc4c4cc(C#N)ccc43)c(C#N)c2)nc1. The molecule has 5 aromatic rings. The highest BCUT2D eigenvalue weighted by Gasteiger charge is 2.16. The van der Waals surface area contributed by atoms with Crippen molar-refractivity contribution in [3.63, 3.8) is 0 Å². The Morgan fingerprint density at radius 3 is 2.16 bits per heavy atom. The number of hydrogen-bond donors (Lipinski definition) is 0. The lowest BCUT2D eigenvalue weighted by Crippen LogP contribution is -1.99. The molecule has 2 aromatic heterocycles. The molecule has 0 N–H and O–H groups in total. The largest absolute Gasteiger partial charge is 0.308 e. The average Bonchev–Trinajstić information content (AvgIpc) is 3.17. The van der Waals surface area contributed by atoms with E-state index in [2.05, 4.69) is 22.1 Å². The molecule has 0 bridgehead atoms. The third-order valence-corrected chi connectivity index (χ3v) is 5.20. The fourth-order valence-electron chi connectivity index (χ4n) is 3.80. The third kappa shape index (κ3) is 2.86. The van der Waals surface area contributed by atoms with E-state index in [1.165, 1.54) is 12.4 Å². The Kier molecular flexibility index (Phi) is 4.15. The van der Waals surface area contributed by atoms with E-state index in [4.69, 9.17) is 5.26 Å². The van der Waals surface area contributed by atoms with Gasteiger partial charge in [0, 0.05) is 28.7 Å². The van der Waals surface area contributed by atoms with E-state index in [9.17, 15) is 10.5 Å². The van der Waals surface area contributed by atoms with Crippen LogP contribution in [0.4, 0.5) is 0 Å². The van der Waals surface area contributed by atoms with Crippen LogP contribution in [-0.2, 0) is 0 Å². The van der Waals surface area contributed by atoms with E-state index in [0.29, 0.717) is 28.1 Å². The summed E-state index contributed by atoms with van der Waals surface area (Å²) in [5.74, 6) is 0.447. The molecule has 2 heterocycles. The maximum Gasteiger partial charge on any atom is 0.159 e. The highest BCUT2D eigenvalue weighted by molar-refractivity contribution is 6.09. The second-order valence-electron chi connectivity index (χ2n) is 6.95. The summed E-state index contributed by atoms with van der Waals surface area (Å²) in [4.78, 5) is 8.45. The van der Waals surface area contributed by atoms with Crippen molar-refractivity contribution in [2.24, 2.45) is 0 Å². The van der Waals surface area contributed by atoms with Crippen LogP contribution < -0.4 is 0 Å². The summed E-state index contributed by atoms with van der Waals surface area (Å²) in [5, 5.41) is 30.1. The Morgan fingerprint density at radius 1 is 0.677 bits per heavy atom. The first kappa shape index (κ1) is 18.1. The summed E-state index contributed by atoms with van der Waals surface area (Å²) in [6.45, 7) is 0. The normalized spacial score (nSPS) is 10.5. The van der Waals surface area contributed by atoms with E-state index < -0.39 is 0 Å². The third-order valence-electron chi connectivity index (χ3n) is 5.20. The Hall–Kier alpha value is -4.99. The van der Waals surface area contributed by atoms with E-state index in [0.717, 1.165) is 27.5 Å². The summed E-state index contributed by atoms with van der Waals surface area (Å²) in [6.07, 6.45) is 2.92. The first-order valence-electron chi connectivity index (χ1n) is 9.44. The molecule has 0 radical (unpaired) electrons. The molecule has 0 saturated heterocycles. The predicted octanol–water partition coefficient (Wildman–Crippen LogP) is 4.86. The van der Waals surface area contributed by atoms with Gasteiger partial charge < -0.3 is 4.57 Å². The van der Waals surface area contributed by atoms with Crippen LogP contribution in [0.15, 0.2) is 73.1 Å². The van der Waals surface area contributed by atoms with Gasteiger partial charge in [-0.15, -0.1) is 0 Å². The van der Waals surface area contributed by atoms with Crippen LogP contribution in [0, 0.1) is 34.0 Å². The second-order valence-corrected chi connectivity index (χ2v) is 6.95. The molecule has 0 saturated carbocycles. The topological polar surface area (TPSA) is 102 Å². The second kappa shape index (κ2) is 7.12. The number of nitriles is 3. The minimum Gasteiger partial charge on any atom is -0.308 e. The molecule has 0 aliphatic rings. The molecule has 6 heteroatoms. The predicted molar refractivity (Wildman–Crippen MR) is 116 cm³/mol. The summed E-state index contributed by atoms with van der Waals surface area (Å²) in [7, 11) is 0. The zero-order valence-corrected chi connectivity index (χ0v) is 16.1. The quantitative estimate of drug-likeness (QED) is 0.424. The molecule has 0 unspecified atom stereocenters. The minimum absolute atomic E-state index is 0.378. The smallest absolute Gasteiger partial charge is 0.159 e. The van der Waals surface area contributed by atoms with Crippen LogP contribution in [0.1, 0.15) is 16.7 Å². The fraction of sp³-hybridized carbons (Fsp3) is 0. The number of para-hydroxylation sites is 1. The lowest BCUT2D eigenvalue weighted by molar-refractivity contribution is 1.14. The molecule has 0 atom stereocenters. The summed E-state index contributed by atoms with van der Waals surface area (Å²) < 4.78 is 2.04. The number of hydrogen-bond acceptors (Lipinski definition) is 5. The summed E-state index contributed by atoms with van der Waals surface area (Å²) >= 11 is 0. The molecule has 31 heavy (non-hydrogen) atoms. The van der Waals surface area contributed by atoms with Gasteiger partial charge in [0.2, 0.25) is 0 Å². The van der Waals surface area contributed by atoms with Crippen LogP contribution in [-0.4, -0.2) is 14.5 Å². The van der Waals surface area contributed by atoms with Crippen LogP contribution in [0.25, 0.3) is 38.9 Å². The van der Waals surface area contributed by atoms with Gasteiger partial charge >= 0.3 is 0 Å². The van der Waals surface area contributed by atoms with Gasteiger partial charge in [-0.1, -0.05) is 18.2 Å². The van der Waals surface area contributed by atoms with Crippen LogP contribution in [0.5, 0.6) is 0 Å². The van der Waals surface area contributed by atoms with Crippen molar-refractivity contribution < 1.29 is 0 Å². The molecule has 142 valence electrons. The van der Waals surface area contributed by atoms with E-state index in [1.807, 2.05) is 59.2 Å². The van der Waals surface area contributed by atoms with E-state index in [-0.39, 0.29) is 0 Å². The molecular formula is C25H12N6. The van der Waals surface area contributed by atoms with Crippen LogP contribution >= 0.6 is 0 Å². The van der Waals surface area contributed by atoms with Crippen molar-refractivity contribution in [2.75, 3.05) is 0 Å². The van der Waals surface area contributed by atoms with Gasteiger partial charge in [0.25, 0.3) is 0 Å². The van der Waals surface area contributed by atoms with Crippen molar-refractivity contribution >= 4 is 21.8 Å². The maximum atomic E-state index is 9.91. The number of fused-ring (bicyclic) bond motifs is 3. The highest BCUT2D eigenvalue weighted by Crippen LogP contribution is 2.34. The maximum absolute atomic E-state index is 9.91. The lowest BCUT2D eigenvalue weighted by atomic mass is 10.1. The molecule has 0 spiro atoms. The minimum atomic E-state index is 0.378. The van der Waals surface area contributed by atoms with Gasteiger partial charge in [0.1, 0.15) is 12.1 Å². The summed E-state index contributed by atoms with van der Waals surface area (Å²) in [6, 6.07) is 25.5. The van der Waals surface area contributed by atoms with E-state index >= 15 is 0 Å². The average molecular weight is 396 g/mol. The number of rotatable bonds is 2. The molecule has 0 aliphatic carbocycles. The zero-order chi connectivity index (χ0) is 21.4. The number of aromatic nitrogens is 3. The number of benzene rings is 3. The molecule has 6 nitrogen and oxygen atoms in total. The van der Waals surface area contributed by atoms with Crippen molar-refractivity contribution in [3.8, 4) is 35.3 Å². The molecule has 5 rings (SSSR count). The molecule has 3 aromatic carbocycles. The van der Waals surface area contributed by atoms with Gasteiger partial charge in [-0.3, -0.25) is 0 Å². The highest BCUT2D eigenvalue weighted by atomic mass is 15.0. The van der Waals surface area contributed by atoms with Gasteiger partial charge in [0.15, 0.2) is 5.82 Å². The first-order valence-corrected chi connectivity index (χ1v) is 9.44. The first-order chi connectivity index (χ1) is 15.2. The summed E-state index contributed by atoms with van der Waals surface area (Å²) in [5.41, 5.74) is 4.73. The van der Waals surface area contributed by atoms with Crippen molar-refractivity contribution in [3.05, 3.63) is 89.7 Å². The van der Waals surface area contributed by atoms with Gasteiger partial charge in [-0.25, -0.2) is 9.97 Å². The van der Waals surface area contributed by atoms with Crippen LogP contribution in [0.2, 0.25) is 0 Å². The fourth-order valence-corrected chi connectivity index (χ4v) is 3.80. The zero-order valence-electron chi connectivity index (χ0n) is 16.1. The molecule has 0 amide bonds. The van der Waals surface area contributed by atoms with Crippen molar-refractivity contribution in [1.82, 2.24) is 14.5 Å². The van der Waals surface area contributed by atoms with Crippen LogP contribution in [0.3, 0.4) is 0 Å². The Morgan fingerprint density at radius 2 is 1.42 bits per heavy atom. The Bertz CT molecular complexity index is 1610. The van der Waals surface area contributed by atoms with E-state index in [1.54, 1.807) is 12.1 Å². The number of nitrogens with zero attached hydrogens (tertiary/aromatic N) is 6. The molecule has 0 fully saturated rings. The monoisotopic (exact) mass is 396 g/mol. The molecule has 0 aliphatic heterocycles. The lowest BCUT2D eigenvalue weighted by Gasteiger charge is -2.11. The van der Waals surface area contributed by atoms with Gasteiger partial charge in [-0.05, 0) is 42.5 Å². The van der Waals surface area contributed by atoms with Crippen molar-refractivity contribution in [1.29, 1.82) is 15.8 Å². The van der Waals surface area contributed by atoms with Gasteiger partial charge in [0.05, 0.1) is 39.5 Å². The van der Waals surface area contributed by atoms with Crippen molar-refractivity contribution in [2.45, 2.75) is 0 Å². The standard InChI is InChI=1S/C25H12N6/c26-11-16-5-7-24-21(9-16)20-3-1-2-4-23(20)31(24)22-8-6-18(10-19(22)13-28)25-29-14-17(12-27)15-30-25/h1-10,14-15H. The Labute approximate surface area is 177 Å². The Balaban J connectivity index is 1.76.